The quantitative estimate of drug-likeness (QED) is 0.329. The molecule has 0 spiro atoms. The monoisotopic (exact) mass is 292 g/mol. The van der Waals surface area contributed by atoms with Gasteiger partial charge in [0, 0.05) is 0 Å². The van der Waals surface area contributed by atoms with Gasteiger partial charge in [0.15, 0.2) is 0 Å². The zero-order chi connectivity index (χ0) is 4.50. The topological polar surface area (TPSA) is 86.2 Å². The molecule has 0 aliphatic carbocycles. The van der Waals surface area contributed by atoms with Crippen molar-refractivity contribution in [2.75, 3.05) is 0 Å². The third kappa shape index (κ3) is 48.1. The van der Waals surface area contributed by atoms with E-state index in [4.69, 9.17) is 19.2 Å². The minimum atomic E-state index is -5.39. The van der Waals surface area contributed by atoms with E-state index in [0.717, 1.165) is 0 Å². The first-order valence-electron chi connectivity index (χ1n) is 0.730. The van der Waals surface area contributed by atoms with Crippen LogP contribution in [0.4, 0.5) is 0 Å². The minimum Gasteiger partial charge on any atom is -0.822 e. The molecule has 1 radical (unpaired) electrons. The molecule has 0 amide bonds. The van der Waals surface area contributed by atoms with Gasteiger partial charge in [-0.2, -0.15) is 7.82 Å². The van der Waals surface area contributed by atoms with E-state index in [1.165, 1.54) is 0 Å². The van der Waals surface area contributed by atoms with E-state index < -0.39 is 7.82 Å². The van der Waals surface area contributed by atoms with Crippen LogP contribution < -0.4 is 66.1 Å². The fourth-order valence-electron chi connectivity index (χ4n) is 0. The molecule has 0 aromatic rings. The smallest absolute Gasteiger partial charge is 0.822 e. The van der Waals surface area contributed by atoms with Crippen LogP contribution in [0.2, 0.25) is 0 Å². The second-order valence-corrected chi connectivity index (χ2v) is 1.34. The Labute approximate surface area is 115 Å². The van der Waals surface area contributed by atoms with Gasteiger partial charge in [0.25, 0.3) is 0 Å². The molecular weight excluding hydrogens is 291 g/mol. The largest absolute Gasteiger partial charge is 3.00 e. The summed E-state index contributed by atoms with van der Waals surface area (Å²) in [5.74, 6) is 0. The first-order chi connectivity index (χ1) is 2.00. The second-order valence-electron chi connectivity index (χ2n) is 0.447. The normalized spacial score (nSPS) is 8.43. The molecule has 0 bridgehead atoms. The van der Waals surface area contributed by atoms with Gasteiger partial charge in [-0.1, -0.05) is 0 Å². The molecule has 0 fully saturated rings. The van der Waals surface area contributed by atoms with Crippen LogP contribution in [0.25, 0.3) is 0 Å². The summed E-state index contributed by atoms with van der Waals surface area (Å²) in [7, 11) is -5.39. The average Bonchev–Trinajstić information content (AvgIpc) is 0.722. The van der Waals surface area contributed by atoms with Crippen molar-refractivity contribution in [2.24, 2.45) is 0 Å². The zero-order valence-corrected chi connectivity index (χ0v) is 9.72. The standard InChI is InChI=1S/Gd.K.H3O4P/c;;1-5(2,3)4/h;;(H3,1,2,3,4)/q+3;+1;/p-3. The van der Waals surface area contributed by atoms with Gasteiger partial charge in [0.05, 0.1) is 0 Å². The molecule has 0 heterocycles. The number of hydrogen-bond acceptors (Lipinski definition) is 4. The first kappa shape index (κ1) is 16.6. The van der Waals surface area contributed by atoms with Crippen LogP contribution >= 0.6 is 7.82 Å². The molecule has 0 aliphatic heterocycles. The minimum absolute atomic E-state index is 0. The van der Waals surface area contributed by atoms with Gasteiger partial charge in [-0.25, -0.2) is 0 Å². The molecular formula is GdKO4P+. The second kappa shape index (κ2) is 7.18. The average molecular weight is 291 g/mol. The molecule has 0 N–H and O–H groups in total. The van der Waals surface area contributed by atoms with Crippen molar-refractivity contribution < 1.29 is 111 Å². The number of hydrogen-bond donors (Lipinski definition) is 0. The van der Waals surface area contributed by atoms with E-state index in [1.807, 2.05) is 0 Å². The Morgan fingerprint density at radius 1 is 1.14 bits per heavy atom. The van der Waals surface area contributed by atoms with Gasteiger partial charge in [-0.15, -0.1) is 0 Å². The molecule has 0 rings (SSSR count). The van der Waals surface area contributed by atoms with Crippen LogP contribution in [-0.2, 0) is 4.57 Å². The predicted molar refractivity (Wildman–Crippen MR) is 7.61 cm³/mol. The van der Waals surface area contributed by atoms with Gasteiger partial charge >= 0.3 is 91.3 Å². The Balaban J connectivity index is -0.0000000800. The zero-order valence-electron chi connectivity index (χ0n) is 3.43. The Hall–Kier alpha value is 3.07. The van der Waals surface area contributed by atoms with Gasteiger partial charge in [-0.3, -0.25) is 0 Å². The van der Waals surface area contributed by atoms with Gasteiger partial charge in [0.1, 0.15) is 0 Å². The third-order valence-electron chi connectivity index (χ3n) is 0. The van der Waals surface area contributed by atoms with E-state index >= 15 is 0 Å². The van der Waals surface area contributed by atoms with Crippen LogP contribution in [0, 0.1) is 39.9 Å². The summed E-state index contributed by atoms with van der Waals surface area (Å²) in [6, 6.07) is 0. The summed E-state index contributed by atoms with van der Waals surface area (Å²) in [5, 5.41) is 0. The van der Waals surface area contributed by atoms with Crippen LogP contribution in [0.1, 0.15) is 0 Å². The maximum Gasteiger partial charge on any atom is 3.00 e. The van der Waals surface area contributed by atoms with E-state index in [2.05, 4.69) is 0 Å². The van der Waals surface area contributed by atoms with Crippen molar-refractivity contribution in [1.29, 1.82) is 0 Å². The molecule has 4 nitrogen and oxygen atoms in total. The SMILES string of the molecule is O=P([O-])([O-])[O-].[Gd+3].[K+]. The molecule has 0 aromatic heterocycles. The molecule has 0 saturated heterocycles. The summed E-state index contributed by atoms with van der Waals surface area (Å²) in [4.78, 5) is 25.6. The maximum atomic E-state index is 8.55. The van der Waals surface area contributed by atoms with Crippen LogP contribution in [0.15, 0.2) is 0 Å². The Morgan fingerprint density at radius 3 is 1.14 bits per heavy atom. The van der Waals surface area contributed by atoms with E-state index in [1.54, 1.807) is 0 Å². The predicted octanol–water partition coefficient (Wildman–Crippen LogP) is -5.82. The van der Waals surface area contributed by atoms with E-state index in [0.29, 0.717) is 0 Å². The number of phosphoric acid groups is 1. The first-order valence-corrected chi connectivity index (χ1v) is 2.19. The molecule has 0 aliphatic rings. The van der Waals surface area contributed by atoms with Gasteiger partial charge < -0.3 is 19.2 Å². The van der Waals surface area contributed by atoms with Crippen LogP contribution in [0.5, 0.6) is 0 Å². The van der Waals surface area contributed by atoms with Crippen molar-refractivity contribution in [3.8, 4) is 0 Å². The molecule has 0 atom stereocenters. The Bertz CT molecular complexity index is 57.8. The summed E-state index contributed by atoms with van der Waals surface area (Å²) >= 11 is 0. The van der Waals surface area contributed by atoms with Gasteiger partial charge in [-0.05, 0) is 0 Å². The maximum absolute atomic E-state index is 8.55. The Kier molecular flexibility index (Phi) is 17.0. The molecule has 0 saturated carbocycles. The number of rotatable bonds is 0. The molecule has 7 heavy (non-hydrogen) atoms. The summed E-state index contributed by atoms with van der Waals surface area (Å²) in [6.45, 7) is 0. The summed E-state index contributed by atoms with van der Waals surface area (Å²) in [5.41, 5.74) is 0. The van der Waals surface area contributed by atoms with Crippen LogP contribution in [-0.4, -0.2) is 0 Å². The fraction of sp³-hybridized carbons (Fsp3) is 0. The third-order valence-corrected chi connectivity index (χ3v) is 0. The van der Waals surface area contributed by atoms with E-state index in [-0.39, 0.29) is 91.3 Å². The fourth-order valence-corrected chi connectivity index (χ4v) is 0. The summed E-state index contributed by atoms with van der Waals surface area (Å²) < 4.78 is 8.55. The van der Waals surface area contributed by atoms with Crippen LogP contribution in [0.3, 0.4) is 0 Å². The van der Waals surface area contributed by atoms with Gasteiger partial charge in [0.2, 0.25) is 0 Å². The van der Waals surface area contributed by atoms with Crippen molar-refractivity contribution in [3.63, 3.8) is 0 Å². The van der Waals surface area contributed by atoms with Crippen molar-refractivity contribution >= 4 is 7.82 Å². The van der Waals surface area contributed by atoms with Crippen molar-refractivity contribution in [2.45, 2.75) is 0 Å². The van der Waals surface area contributed by atoms with E-state index in [9.17, 15) is 0 Å². The molecule has 7 heteroatoms. The van der Waals surface area contributed by atoms with Crippen molar-refractivity contribution in [1.82, 2.24) is 0 Å². The molecule has 0 unspecified atom stereocenters. The van der Waals surface area contributed by atoms with Crippen molar-refractivity contribution in [3.05, 3.63) is 0 Å². The molecule has 37 valence electrons. The summed E-state index contributed by atoms with van der Waals surface area (Å²) in [6.07, 6.45) is 0. The molecule has 0 aromatic carbocycles. The Morgan fingerprint density at radius 2 is 1.14 bits per heavy atom.